The average Bonchev–Trinajstić information content (AvgIpc) is 2.47. The standard InChI is InChI=1S/C19H24N2O2/c1-13-10-11-16(17(22)20-13)18(23)21-14(2)12-19(3,4)15-8-6-5-7-9-15/h5-11,14H,12H2,1-4H3,(H,20,22)(H,21,23)/t14-/m1/s1. The van der Waals surface area contributed by atoms with Gasteiger partial charge in [0.25, 0.3) is 11.5 Å². The van der Waals surface area contributed by atoms with Crippen molar-refractivity contribution in [3.63, 3.8) is 0 Å². The van der Waals surface area contributed by atoms with E-state index in [1.165, 1.54) is 5.56 Å². The maximum absolute atomic E-state index is 12.3. The van der Waals surface area contributed by atoms with Gasteiger partial charge in [-0.3, -0.25) is 9.59 Å². The predicted molar refractivity (Wildman–Crippen MR) is 92.8 cm³/mol. The van der Waals surface area contributed by atoms with Crippen molar-refractivity contribution in [3.8, 4) is 0 Å². The summed E-state index contributed by atoms with van der Waals surface area (Å²) < 4.78 is 0. The van der Waals surface area contributed by atoms with Crippen LogP contribution < -0.4 is 10.9 Å². The molecule has 0 radical (unpaired) electrons. The Morgan fingerprint density at radius 1 is 1.17 bits per heavy atom. The Morgan fingerprint density at radius 2 is 1.83 bits per heavy atom. The molecule has 1 atom stereocenters. The highest BCUT2D eigenvalue weighted by Gasteiger charge is 2.24. The average molecular weight is 312 g/mol. The predicted octanol–water partition coefficient (Wildman–Crippen LogP) is 3.17. The second kappa shape index (κ2) is 6.82. The summed E-state index contributed by atoms with van der Waals surface area (Å²) in [4.78, 5) is 26.8. The highest BCUT2D eigenvalue weighted by atomic mass is 16.2. The summed E-state index contributed by atoms with van der Waals surface area (Å²) in [5.74, 6) is -0.331. The van der Waals surface area contributed by atoms with Crippen LogP contribution in [-0.4, -0.2) is 16.9 Å². The van der Waals surface area contributed by atoms with E-state index in [2.05, 4.69) is 36.3 Å². The Labute approximate surface area is 137 Å². The minimum absolute atomic E-state index is 0.0431. The molecule has 2 rings (SSSR count). The van der Waals surface area contributed by atoms with E-state index in [1.54, 1.807) is 19.1 Å². The molecule has 0 aliphatic heterocycles. The second-order valence-electron chi connectivity index (χ2n) is 6.71. The summed E-state index contributed by atoms with van der Waals surface area (Å²) in [7, 11) is 0. The van der Waals surface area contributed by atoms with Crippen LogP contribution in [0, 0.1) is 6.92 Å². The quantitative estimate of drug-likeness (QED) is 0.891. The zero-order chi connectivity index (χ0) is 17.0. The van der Waals surface area contributed by atoms with Crippen molar-refractivity contribution in [1.29, 1.82) is 0 Å². The van der Waals surface area contributed by atoms with Gasteiger partial charge in [0.1, 0.15) is 5.56 Å². The molecule has 4 nitrogen and oxygen atoms in total. The van der Waals surface area contributed by atoms with E-state index in [1.807, 2.05) is 25.1 Å². The molecule has 4 heteroatoms. The number of benzene rings is 1. The smallest absolute Gasteiger partial charge is 0.260 e. The number of aromatic nitrogens is 1. The molecule has 23 heavy (non-hydrogen) atoms. The molecule has 0 bridgehead atoms. The number of carbonyl (C=O) groups is 1. The van der Waals surface area contributed by atoms with E-state index in [9.17, 15) is 9.59 Å². The Hall–Kier alpha value is -2.36. The van der Waals surface area contributed by atoms with Gasteiger partial charge in [0.2, 0.25) is 0 Å². The molecule has 1 amide bonds. The summed E-state index contributed by atoms with van der Waals surface area (Å²) in [6.07, 6.45) is 0.784. The number of pyridine rings is 1. The number of aryl methyl sites for hydroxylation is 1. The zero-order valence-electron chi connectivity index (χ0n) is 14.1. The van der Waals surface area contributed by atoms with Gasteiger partial charge in [0.15, 0.2) is 0 Å². The Bertz CT molecular complexity index is 733. The molecule has 0 saturated carbocycles. The molecule has 2 aromatic rings. The van der Waals surface area contributed by atoms with Gasteiger partial charge in [0, 0.05) is 11.7 Å². The van der Waals surface area contributed by atoms with Crippen LogP contribution in [-0.2, 0) is 5.41 Å². The molecule has 0 spiro atoms. The highest BCUT2D eigenvalue weighted by Crippen LogP contribution is 2.28. The number of rotatable bonds is 5. The largest absolute Gasteiger partial charge is 0.349 e. The third-order valence-electron chi connectivity index (χ3n) is 4.05. The molecule has 2 N–H and O–H groups in total. The number of aromatic amines is 1. The van der Waals surface area contributed by atoms with E-state index in [-0.39, 0.29) is 28.5 Å². The molecule has 1 aromatic carbocycles. The lowest BCUT2D eigenvalue weighted by Gasteiger charge is -2.29. The fraction of sp³-hybridized carbons (Fsp3) is 0.368. The topological polar surface area (TPSA) is 62.0 Å². The molecule has 0 fully saturated rings. The van der Waals surface area contributed by atoms with Crippen molar-refractivity contribution in [1.82, 2.24) is 10.3 Å². The summed E-state index contributed by atoms with van der Waals surface area (Å²) in [5, 5.41) is 2.92. The molecular weight excluding hydrogens is 288 g/mol. The van der Waals surface area contributed by atoms with Gasteiger partial charge in [-0.2, -0.15) is 0 Å². The van der Waals surface area contributed by atoms with Crippen LogP contribution in [0.15, 0.2) is 47.3 Å². The highest BCUT2D eigenvalue weighted by molar-refractivity contribution is 5.93. The van der Waals surface area contributed by atoms with E-state index < -0.39 is 0 Å². The third-order valence-corrected chi connectivity index (χ3v) is 4.05. The van der Waals surface area contributed by atoms with Crippen molar-refractivity contribution in [2.75, 3.05) is 0 Å². The van der Waals surface area contributed by atoms with Crippen molar-refractivity contribution in [2.24, 2.45) is 0 Å². The van der Waals surface area contributed by atoms with Crippen LogP contribution in [0.1, 0.15) is 48.8 Å². The van der Waals surface area contributed by atoms with Crippen molar-refractivity contribution in [3.05, 3.63) is 69.6 Å². The van der Waals surface area contributed by atoms with Crippen LogP contribution in [0.25, 0.3) is 0 Å². The number of nitrogens with one attached hydrogen (secondary N) is 2. The molecule has 0 unspecified atom stereocenters. The Balaban J connectivity index is 2.05. The Kier molecular flexibility index (Phi) is 5.04. The number of carbonyl (C=O) groups excluding carboxylic acids is 1. The molecule has 0 saturated heterocycles. The SMILES string of the molecule is Cc1ccc(C(=O)N[C@H](C)CC(C)(C)c2ccccc2)c(=O)[nH]1. The van der Waals surface area contributed by atoms with Gasteiger partial charge in [-0.1, -0.05) is 44.2 Å². The van der Waals surface area contributed by atoms with Gasteiger partial charge < -0.3 is 10.3 Å². The van der Waals surface area contributed by atoms with Gasteiger partial charge in [-0.15, -0.1) is 0 Å². The monoisotopic (exact) mass is 312 g/mol. The third kappa shape index (κ3) is 4.31. The normalized spacial score (nSPS) is 12.7. The number of H-pyrrole nitrogens is 1. The lowest BCUT2D eigenvalue weighted by Crippen LogP contribution is -2.39. The van der Waals surface area contributed by atoms with Crippen LogP contribution in [0.2, 0.25) is 0 Å². The van der Waals surface area contributed by atoms with Gasteiger partial charge >= 0.3 is 0 Å². The fourth-order valence-corrected chi connectivity index (χ4v) is 2.88. The molecule has 1 aromatic heterocycles. The Morgan fingerprint density at radius 3 is 2.43 bits per heavy atom. The van der Waals surface area contributed by atoms with E-state index in [0.29, 0.717) is 0 Å². The minimum atomic E-state index is -0.350. The second-order valence-corrected chi connectivity index (χ2v) is 6.71. The first-order chi connectivity index (χ1) is 10.8. The molecule has 0 aliphatic rings. The van der Waals surface area contributed by atoms with E-state index in [0.717, 1.165) is 12.1 Å². The summed E-state index contributed by atoms with van der Waals surface area (Å²) >= 11 is 0. The first kappa shape index (κ1) is 17.0. The van der Waals surface area contributed by atoms with Crippen LogP contribution in [0.4, 0.5) is 0 Å². The van der Waals surface area contributed by atoms with Crippen LogP contribution in [0.5, 0.6) is 0 Å². The molecule has 1 heterocycles. The van der Waals surface area contributed by atoms with Crippen molar-refractivity contribution >= 4 is 5.91 Å². The minimum Gasteiger partial charge on any atom is -0.349 e. The van der Waals surface area contributed by atoms with E-state index >= 15 is 0 Å². The van der Waals surface area contributed by atoms with Crippen LogP contribution in [0.3, 0.4) is 0 Å². The number of hydrogen-bond donors (Lipinski definition) is 2. The van der Waals surface area contributed by atoms with E-state index in [4.69, 9.17) is 0 Å². The number of hydrogen-bond acceptors (Lipinski definition) is 2. The maximum Gasteiger partial charge on any atom is 0.260 e. The van der Waals surface area contributed by atoms with Crippen molar-refractivity contribution < 1.29 is 4.79 Å². The van der Waals surface area contributed by atoms with Gasteiger partial charge in [-0.25, -0.2) is 0 Å². The first-order valence-electron chi connectivity index (χ1n) is 7.86. The van der Waals surface area contributed by atoms with Gasteiger partial charge in [-0.05, 0) is 43.4 Å². The molecule has 122 valence electrons. The fourth-order valence-electron chi connectivity index (χ4n) is 2.88. The summed E-state index contributed by atoms with van der Waals surface area (Å²) in [5.41, 5.74) is 1.71. The lowest BCUT2D eigenvalue weighted by molar-refractivity contribution is 0.0933. The number of amides is 1. The van der Waals surface area contributed by atoms with Gasteiger partial charge in [0.05, 0.1) is 0 Å². The summed E-state index contributed by atoms with van der Waals surface area (Å²) in [6.45, 7) is 8.06. The zero-order valence-corrected chi connectivity index (χ0v) is 14.1. The first-order valence-corrected chi connectivity index (χ1v) is 7.86. The lowest BCUT2D eigenvalue weighted by atomic mass is 9.79. The molecular formula is C19H24N2O2. The van der Waals surface area contributed by atoms with Crippen molar-refractivity contribution in [2.45, 2.75) is 45.6 Å². The molecule has 0 aliphatic carbocycles. The summed E-state index contributed by atoms with van der Waals surface area (Å²) in [6, 6.07) is 13.5. The van der Waals surface area contributed by atoms with Crippen LogP contribution >= 0.6 is 0 Å². The maximum atomic E-state index is 12.3.